The smallest absolute Gasteiger partial charge is 0.334 e. The Bertz CT molecular complexity index is 1680. The molecule has 0 saturated heterocycles. The van der Waals surface area contributed by atoms with E-state index in [1.807, 2.05) is 36.4 Å². The van der Waals surface area contributed by atoms with E-state index in [4.69, 9.17) is 26.3 Å². The van der Waals surface area contributed by atoms with Gasteiger partial charge in [0.05, 0.1) is 49.8 Å². The van der Waals surface area contributed by atoms with Crippen molar-refractivity contribution in [3.63, 3.8) is 0 Å². The molecule has 0 amide bonds. The summed E-state index contributed by atoms with van der Waals surface area (Å²) in [6.07, 6.45) is 4.52. The summed E-state index contributed by atoms with van der Waals surface area (Å²) < 4.78 is 16.4. The van der Waals surface area contributed by atoms with Crippen molar-refractivity contribution in [2.24, 2.45) is 0 Å². The largest absolute Gasteiger partial charge is 0.497 e. The highest BCUT2D eigenvalue weighted by Gasteiger charge is 2.20. The zero-order valence-electron chi connectivity index (χ0n) is 19.9. The number of aromatic nitrogens is 4. The number of nitrogens with zero attached hydrogens (tertiary/aromatic N) is 5. The van der Waals surface area contributed by atoms with Crippen LogP contribution in [0.15, 0.2) is 65.7 Å². The van der Waals surface area contributed by atoms with Gasteiger partial charge in [-0.25, -0.2) is 4.79 Å². The molecule has 36 heavy (non-hydrogen) atoms. The highest BCUT2D eigenvalue weighted by molar-refractivity contribution is 6.31. The minimum Gasteiger partial charge on any atom is -0.497 e. The van der Waals surface area contributed by atoms with Crippen molar-refractivity contribution in [2.75, 3.05) is 14.2 Å². The van der Waals surface area contributed by atoms with Crippen molar-refractivity contribution in [2.45, 2.75) is 25.9 Å². The molecule has 0 fully saturated rings. The quantitative estimate of drug-likeness (QED) is 0.274. The van der Waals surface area contributed by atoms with E-state index in [1.165, 1.54) is 0 Å². The molecular formula is C27H24ClN5O3. The zero-order chi connectivity index (χ0) is 25.2. The number of unbranched alkanes of at least 4 members (excludes halogenated alkanes) is 1. The number of benzene rings is 2. The van der Waals surface area contributed by atoms with Crippen molar-refractivity contribution < 1.29 is 9.47 Å². The van der Waals surface area contributed by atoms with Gasteiger partial charge >= 0.3 is 5.69 Å². The number of nitriles is 1. The minimum absolute atomic E-state index is 0.215. The van der Waals surface area contributed by atoms with E-state index in [1.54, 1.807) is 47.9 Å². The Hall–Kier alpha value is -4.22. The number of halogens is 1. The first-order valence-electron chi connectivity index (χ1n) is 11.5. The Labute approximate surface area is 212 Å². The molecule has 3 aromatic heterocycles. The molecule has 0 unspecified atom stereocenters. The van der Waals surface area contributed by atoms with E-state index in [9.17, 15) is 4.79 Å². The second-order valence-electron chi connectivity index (χ2n) is 8.36. The van der Waals surface area contributed by atoms with E-state index in [-0.39, 0.29) is 5.69 Å². The third-order valence-corrected chi connectivity index (χ3v) is 6.53. The van der Waals surface area contributed by atoms with Gasteiger partial charge in [-0.05, 0) is 48.9 Å². The zero-order valence-corrected chi connectivity index (χ0v) is 20.7. The monoisotopic (exact) mass is 501 g/mol. The summed E-state index contributed by atoms with van der Waals surface area (Å²) in [7, 11) is 3.15. The first-order valence-corrected chi connectivity index (χ1v) is 11.9. The first-order chi connectivity index (χ1) is 17.5. The Morgan fingerprint density at radius 3 is 2.64 bits per heavy atom. The number of methoxy groups -OCH3 is 2. The summed E-state index contributed by atoms with van der Waals surface area (Å²) in [6.45, 7) is 0.983. The summed E-state index contributed by atoms with van der Waals surface area (Å²) in [6, 6.07) is 17.2. The molecule has 0 spiro atoms. The van der Waals surface area contributed by atoms with Gasteiger partial charge in [0.2, 0.25) is 0 Å². The molecule has 8 nitrogen and oxygen atoms in total. The molecule has 0 N–H and O–H groups in total. The second kappa shape index (κ2) is 9.80. The molecule has 0 aliphatic heterocycles. The van der Waals surface area contributed by atoms with Crippen LogP contribution >= 0.6 is 11.6 Å². The van der Waals surface area contributed by atoms with Crippen molar-refractivity contribution in [1.29, 1.82) is 5.26 Å². The maximum Gasteiger partial charge on any atom is 0.334 e. The van der Waals surface area contributed by atoms with Gasteiger partial charge in [0.15, 0.2) is 0 Å². The van der Waals surface area contributed by atoms with Crippen LogP contribution in [0, 0.1) is 11.3 Å². The van der Waals surface area contributed by atoms with Gasteiger partial charge in [-0.1, -0.05) is 11.6 Å². The highest BCUT2D eigenvalue weighted by Crippen LogP contribution is 2.30. The third-order valence-electron chi connectivity index (χ3n) is 6.30. The molecule has 0 atom stereocenters. The van der Waals surface area contributed by atoms with Crippen LogP contribution < -0.4 is 15.2 Å². The molecule has 0 aliphatic carbocycles. The van der Waals surface area contributed by atoms with E-state index < -0.39 is 0 Å². The summed E-state index contributed by atoms with van der Waals surface area (Å²) >= 11 is 6.25. The maximum absolute atomic E-state index is 13.9. The topological polar surface area (TPSA) is 87.0 Å². The number of rotatable bonds is 8. The second-order valence-corrected chi connectivity index (χ2v) is 8.79. The molecular weight excluding hydrogens is 478 g/mol. The third kappa shape index (κ3) is 4.08. The fourth-order valence-electron chi connectivity index (χ4n) is 4.63. The predicted molar refractivity (Wildman–Crippen MR) is 139 cm³/mol. The van der Waals surface area contributed by atoms with Crippen molar-refractivity contribution in [3.8, 4) is 23.3 Å². The summed E-state index contributed by atoms with van der Waals surface area (Å²) in [5.41, 5.74) is 3.77. The standard InChI is InChI=1S/C27H24ClN5O3/c1-35-21-6-8-24(26(15-21)36-2)33-23-9-11-30-16-25(23)32(27(33)34)17-20-14-18-13-19(28)5-7-22(18)31(20)12-4-3-10-29/h5-9,11,13-16H,3-4,12,17H2,1-2H3. The number of aryl methyl sites for hydroxylation is 1. The average molecular weight is 502 g/mol. The average Bonchev–Trinajstić information content (AvgIpc) is 3.37. The van der Waals surface area contributed by atoms with Gasteiger partial charge in [0.1, 0.15) is 11.5 Å². The van der Waals surface area contributed by atoms with Crippen molar-refractivity contribution in [3.05, 3.63) is 82.1 Å². The number of fused-ring (bicyclic) bond motifs is 2. The van der Waals surface area contributed by atoms with Gasteiger partial charge in [-0.3, -0.25) is 14.1 Å². The highest BCUT2D eigenvalue weighted by atomic mass is 35.5. The Morgan fingerprint density at radius 2 is 1.86 bits per heavy atom. The molecule has 9 heteroatoms. The van der Waals surface area contributed by atoms with E-state index in [0.717, 1.165) is 16.6 Å². The number of hydrogen-bond donors (Lipinski definition) is 0. The molecule has 0 bridgehead atoms. The van der Waals surface area contributed by atoms with Gasteiger partial charge in [-0.2, -0.15) is 5.26 Å². The molecule has 0 aliphatic rings. The van der Waals surface area contributed by atoms with Crippen LogP contribution in [0.25, 0.3) is 27.6 Å². The number of imidazole rings is 1. The van der Waals surface area contributed by atoms with Crippen LogP contribution in [-0.4, -0.2) is 32.9 Å². The number of ether oxygens (including phenoxy) is 2. The lowest BCUT2D eigenvalue weighted by Gasteiger charge is -2.12. The van der Waals surface area contributed by atoms with Crippen LogP contribution in [0.2, 0.25) is 5.02 Å². The molecule has 0 radical (unpaired) electrons. The molecule has 0 saturated carbocycles. The van der Waals surface area contributed by atoms with E-state index in [0.29, 0.717) is 59.2 Å². The van der Waals surface area contributed by atoms with Gasteiger partial charge in [0.25, 0.3) is 0 Å². The SMILES string of the molecule is COc1ccc(-n2c(=O)n(Cc3cc4cc(Cl)ccc4n3CCCC#N)c3cnccc32)c(OC)c1. The summed E-state index contributed by atoms with van der Waals surface area (Å²) in [4.78, 5) is 18.2. The Kier molecular flexibility index (Phi) is 6.40. The fourth-order valence-corrected chi connectivity index (χ4v) is 4.81. The number of pyridine rings is 1. The lowest BCUT2D eigenvalue weighted by Crippen LogP contribution is -2.25. The van der Waals surface area contributed by atoms with Crippen LogP contribution in [0.1, 0.15) is 18.5 Å². The Balaban J connectivity index is 1.68. The van der Waals surface area contributed by atoms with Crippen molar-refractivity contribution >= 4 is 33.5 Å². The van der Waals surface area contributed by atoms with E-state index >= 15 is 0 Å². The van der Waals surface area contributed by atoms with Gasteiger partial charge < -0.3 is 14.0 Å². The first kappa shape index (κ1) is 23.5. The number of hydrogen-bond acceptors (Lipinski definition) is 5. The van der Waals surface area contributed by atoms with E-state index in [2.05, 4.69) is 15.6 Å². The molecule has 3 heterocycles. The van der Waals surface area contributed by atoms with Crippen LogP contribution in [-0.2, 0) is 13.1 Å². The summed E-state index contributed by atoms with van der Waals surface area (Å²) in [5.74, 6) is 1.15. The minimum atomic E-state index is -0.215. The van der Waals surface area contributed by atoms with Crippen LogP contribution in [0.4, 0.5) is 0 Å². The van der Waals surface area contributed by atoms with Crippen LogP contribution in [0.5, 0.6) is 11.5 Å². The van der Waals surface area contributed by atoms with Crippen molar-refractivity contribution in [1.82, 2.24) is 18.7 Å². The fraction of sp³-hybridized carbons (Fsp3) is 0.222. The van der Waals surface area contributed by atoms with Crippen LogP contribution in [0.3, 0.4) is 0 Å². The molecule has 5 rings (SSSR count). The lowest BCUT2D eigenvalue weighted by molar-refractivity contribution is 0.393. The normalized spacial score (nSPS) is 11.2. The predicted octanol–water partition coefficient (Wildman–Crippen LogP) is 5.16. The Morgan fingerprint density at radius 1 is 1.00 bits per heavy atom. The van der Waals surface area contributed by atoms with Gasteiger partial charge in [0, 0.05) is 46.8 Å². The maximum atomic E-state index is 13.9. The molecule has 182 valence electrons. The lowest BCUT2D eigenvalue weighted by atomic mass is 10.2. The molecule has 2 aromatic carbocycles. The van der Waals surface area contributed by atoms with Gasteiger partial charge in [-0.15, -0.1) is 0 Å². The molecule has 5 aromatic rings. The summed E-state index contributed by atoms with van der Waals surface area (Å²) in [5, 5.41) is 10.7.